The van der Waals surface area contributed by atoms with E-state index in [0.717, 1.165) is 5.69 Å². The van der Waals surface area contributed by atoms with Crippen molar-refractivity contribution in [1.29, 1.82) is 5.26 Å². The third-order valence-corrected chi connectivity index (χ3v) is 2.37. The highest BCUT2D eigenvalue weighted by atomic mass is 16.5. The van der Waals surface area contributed by atoms with Gasteiger partial charge >= 0.3 is 0 Å². The molecule has 0 radical (unpaired) electrons. The minimum Gasteiger partial charge on any atom is -0.374 e. The smallest absolute Gasteiger partial charge is 0.144 e. The number of rotatable bonds is 5. The number of aromatic nitrogens is 1. The minimum absolute atomic E-state index is 0.271. The molecule has 0 amide bonds. The second-order valence-electron chi connectivity index (χ2n) is 4.51. The fourth-order valence-electron chi connectivity index (χ4n) is 1.52. The van der Waals surface area contributed by atoms with E-state index in [1.165, 1.54) is 0 Å². The lowest BCUT2D eigenvalue weighted by molar-refractivity contribution is 0.000638. The van der Waals surface area contributed by atoms with Gasteiger partial charge in [0, 0.05) is 18.8 Å². The third kappa shape index (κ3) is 4.04. The molecule has 0 saturated carbocycles. The average molecular weight is 233 g/mol. The summed E-state index contributed by atoms with van der Waals surface area (Å²) >= 11 is 0. The summed E-state index contributed by atoms with van der Waals surface area (Å²) in [7, 11) is 0. The number of hydrogen-bond donors (Lipinski definition) is 1. The monoisotopic (exact) mass is 233 g/mol. The standard InChI is InChI=1S/C13H19N3O/c1-5-17-13(3,4)9-15-12-11(8-14)7-6-10(2)16-12/h6-7H,5,9H2,1-4H3,(H,15,16). The van der Waals surface area contributed by atoms with E-state index in [2.05, 4.69) is 16.4 Å². The molecule has 4 heteroatoms. The summed E-state index contributed by atoms with van der Waals surface area (Å²) in [4.78, 5) is 4.32. The summed E-state index contributed by atoms with van der Waals surface area (Å²) in [5.74, 6) is 0.625. The third-order valence-electron chi connectivity index (χ3n) is 2.37. The van der Waals surface area contributed by atoms with Crippen LogP contribution < -0.4 is 5.32 Å². The van der Waals surface area contributed by atoms with E-state index in [-0.39, 0.29) is 5.60 Å². The lowest BCUT2D eigenvalue weighted by Gasteiger charge is -2.25. The summed E-state index contributed by atoms with van der Waals surface area (Å²) < 4.78 is 5.58. The van der Waals surface area contributed by atoms with Crippen LogP contribution in [0.2, 0.25) is 0 Å². The highest BCUT2D eigenvalue weighted by Crippen LogP contribution is 2.15. The first-order chi connectivity index (χ1) is 7.98. The van der Waals surface area contributed by atoms with Crippen LogP contribution in [0.4, 0.5) is 5.82 Å². The predicted molar refractivity (Wildman–Crippen MR) is 67.9 cm³/mol. The topological polar surface area (TPSA) is 57.9 Å². The number of pyridine rings is 1. The molecule has 1 heterocycles. The molecule has 17 heavy (non-hydrogen) atoms. The molecule has 0 atom stereocenters. The molecule has 92 valence electrons. The van der Waals surface area contributed by atoms with Crippen LogP contribution in [0.1, 0.15) is 32.0 Å². The maximum atomic E-state index is 8.98. The fraction of sp³-hybridized carbons (Fsp3) is 0.538. The van der Waals surface area contributed by atoms with Crippen molar-refractivity contribution >= 4 is 5.82 Å². The second kappa shape index (κ2) is 5.65. The first-order valence-corrected chi connectivity index (χ1v) is 5.74. The van der Waals surface area contributed by atoms with Crippen molar-refractivity contribution in [2.24, 2.45) is 0 Å². The minimum atomic E-state index is -0.271. The van der Waals surface area contributed by atoms with Crippen LogP contribution in [0.25, 0.3) is 0 Å². The van der Waals surface area contributed by atoms with Crippen LogP contribution in [-0.2, 0) is 4.74 Å². The molecule has 4 nitrogen and oxygen atoms in total. The maximum Gasteiger partial charge on any atom is 0.144 e. The summed E-state index contributed by atoms with van der Waals surface area (Å²) in [6, 6.07) is 5.73. The maximum absolute atomic E-state index is 8.98. The number of aryl methyl sites for hydroxylation is 1. The van der Waals surface area contributed by atoms with Crippen LogP contribution in [0.3, 0.4) is 0 Å². The zero-order valence-electron chi connectivity index (χ0n) is 10.9. The van der Waals surface area contributed by atoms with Crippen molar-refractivity contribution < 1.29 is 4.74 Å². The van der Waals surface area contributed by atoms with Crippen LogP contribution in [0.15, 0.2) is 12.1 Å². The molecule has 0 saturated heterocycles. The molecular weight excluding hydrogens is 214 g/mol. The Hall–Kier alpha value is -1.60. The summed E-state index contributed by atoms with van der Waals surface area (Å²) in [5.41, 5.74) is 1.18. The highest BCUT2D eigenvalue weighted by Gasteiger charge is 2.18. The zero-order chi connectivity index (χ0) is 12.9. The number of nitrogens with one attached hydrogen (secondary N) is 1. The lowest BCUT2D eigenvalue weighted by Crippen LogP contribution is -2.33. The van der Waals surface area contributed by atoms with E-state index < -0.39 is 0 Å². The van der Waals surface area contributed by atoms with E-state index in [1.807, 2.05) is 33.8 Å². The number of nitriles is 1. The van der Waals surface area contributed by atoms with Crippen LogP contribution in [-0.4, -0.2) is 23.7 Å². The van der Waals surface area contributed by atoms with Gasteiger partial charge in [-0.3, -0.25) is 0 Å². The SMILES string of the molecule is CCOC(C)(C)CNc1nc(C)ccc1C#N. The Kier molecular flexibility index (Phi) is 4.47. The van der Waals surface area contributed by atoms with Crippen molar-refractivity contribution in [3.8, 4) is 6.07 Å². The van der Waals surface area contributed by atoms with Crippen LogP contribution in [0.5, 0.6) is 0 Å². The van der Waals surface area contributed by atoms with E-state index in [0.29, 0.717) is 24.5 Å². The lowest BCUT2D eigenvalue weighted by atomic mass is 10.1. The van der Waals surface area contributed by atoms with Gasteiger partial charge in [0.25, 0.3) is 0 Å². The number of anilines is 1. The summed E-state index contributed by atoms with van der Waals surface area (Å²) in [5, 5.41) is 12.2. The largest absolute Gasteiger partial charge is 0.374 e. The van der Waals surface area contributed by atoms with Crippen LogP contribution in [0, 0.1) is 18.3 Å². The second-order valence-corrected chi connectivity index (χ2v) is 4.51. The van der Waals surface area contributed by atoms with E-state index in [9.17, 15) is 0 Å². The molecule has 0 aliphatic heterocycles. The van der Waals surface area contributed by atoms with Crippen LogP contribution >= 0.6 is 0 Å². The molecule has 1 N–H and O–H groups in total. The molecular formula is C13H19N3O. The predicted octanol–water partition coefficient (Wildman–Crippen LogP) is 2.49. The molecule has 0 unspecified atom stereocenters. The van der Waals surface area contributed by atoms with Gasteiger partial charge in [-0.2, -0.15) is 5.26 Å². The van der Waals surface area contributed by atoms with E-state index in [1.54, 1.807) is 6.07 Å². The molecule has 0 bridgehead atoms. The first kappa shape index (κ1) is 13.5. The van der Waals surface area contributed by atoms with Gasteiger partial charge in [0.2, 0.25) is 0 Å². The summed E-state index contributed by atoms with van der Waals surface area (Å²) in [6.07, 6.45) is 0. The van der Waals surface area contributed by atoms with Crippen molar-refractivity contribution in [2.45, 2.75) is 33.3 Å². The number of hydrogen-bond acceptors (Lipinski definition) is 4. The Morgan fingerprint density at radius 1 is 1.47 bits per heavy atom. The molecule has 0 fully saturated rings. The van der Waals surface area contributed by atoms with Crippen molar-refractivity contribution in [3.05, 3.63) is 23.4 Å². The Labute approximate surface area is 103 Å². The van der Waals surface area contributed by atoms with E-state index >= 15 is 0 Å². The van der Waals surface area contributed by atoms with Gasteiger partial charge in [-0.05, 0) is 39.8 Å². The Balaban J connectivity index is 2.75. The van der Waals surface area contributed by atoms with Gasteiger partial charge in [0.05, 0.1) is 11.2 Å². The summed E-state index contributed by atoms with van der Waals surface area (Å²) in [6.45, 7) is 9.16. The molecule has 0 spiro atoms. The molecule has 0 aromatic carbocycles. The normalized spacial score (nSPS) is 11.0. The molecule has 1 rings (SSSR count). The molecule has 1 aromatic rings. The number of nitrogens with zero attached hydrogens (tertiary/aromatic N) is 2. The fourth-order valence-corrected chi connectivity index (χ4v) is 1.52. The average Bonchev–Trinajstić information content (AvgIpc) is 2.27. The quantitative estimate of drug-likeness (QED) is 0.848. The van der Waals surface area contributed by atoms with Crippen molar-refractivity contribution in [1.82, 2.24) is 4.98 Å². The zero-order valence-corrected chi connectivity index (χ0v) is 10.9. The van der Waals surface area contributed by atoms with Gasteiger partial charge in [0.1, 0.15) is 11.9 Å². The van der Waals surface area contributed by atoms with Gasteiger partial charge in [-0.25, -0.2) is 4.98 Å². The van der Waals surface area contributed by atoms with Crippen molar-refractivity contribution in [3.63, 3.8) is 0 Å². The van der Waals surface area contributed by atoms with Gasteiger partial charge in [0.15, 0.2) is 0 Å². The van der Waals surface area contributed by atoms with Gasteiger partial charge in [-0.15, -0.1) is 0 Å². The molecule has 1 aromatic heterocycles. The van der Waals surface area contributed by atoms with Gasteiger partial charge < -0.3 is 10.1 Å². The highest BCUT2D eigenvalue weighted by molar-refractivity contribution is 5.52. The van der Waals surface area contributed by atoms with E-state index in [4.69, 9.17) is 10.00 Å². The Bertz CT molecular complexity index is 421. The van der Waals surface area contributed by atoms with Crippen molar-refractivity contribution in [2.75, 3.05) is 18.5 Å². The Morgan fingerprint density at radius 2 is 2.18 bits per heavy atom. The molecule has 0 aliphatic carbocycles. The molecule has 0 aliphatic rings. The first-order valence-electron chi connectivity index (χ1n) is 5.74. The Morgan fingerprint density at radius 3 is 2.76 bits per heavy atom. The van der Waals surface area contributed by atoms with Gasteiger partial charge in [-0.1, -0.05) is 0 Å². The number of ether oxygens (including phenoxy) is 1.